The van der Waals surface area contributed by atoms with Crippen molar-refractivity contribution in [3.63, 3.8) is 0 Å². The smallest absolute Gasteiger partial charge is 0.255 e. The molecule has 196 valence electrons. The van der Waals surface area contributed by atoms with Gasteiger partial charge in [0.25, 0.3) is 11.8 Å². The quantitative estimate of drug-likeness (QED) is 0.207. The van der Waals surface area contributed by atoms with E-state index in [0.717, 1.165) is 0 Å². The molecule has 0 aromatic heterocycles. The average molecular weight is 521 g/mol. The van der Waals surface area contributed by atoms with Crippen molar-refractivity contribution >= 4 is 46.4 Å². The fourth-order valence-corrected chi connectivity index (χ4v) is 3.78. The number of hydrogen-bond acceptors (Lipinski definition) is 4. The van der Waals surface area contributed by atoms with E-state index < -0.39 is 0 Å². The maximum absolute atomic E-state index is 12.5. The van der Waals surface area contributed by atoms with Crippen LogP contribution in [-0.4, -0.2) is 23.6 Å². The summed E-state index contributed by atoms with van der Waals surface area (Å²) < 4.78 is 0. The van der Waals surface area contributed by atoms with E-state index in [1.807, 2.05) is 36.4 Å². The van der Waals surface area contributed by atoms with E-state index >= 15 is 0 Å². The molecule has 39 heavy (non-hydrogen) atoms. The Morgan fingerprint density at radius 2 is 0.821 bits per heavy atom. The summed E-state index contributed by atoms with van der Waals surface area (Å²) in [5, 5.41) is 11.2. The molecular weight excluding hydrogens is 492 g/mol. The summed E-state index contributed by atoms with van der Waals surface area (Å²) in [6.07, 6.45) is 0.598. The Hall–Kier alpha value is -5.24. The molecule has 0 spiro atoms. The summed E-state index contributed by atoms with van der Waals surface area (Å²) in [4.78, 5) is 49.8. The largest absolute Gasteiger partial charge is 0.326 e. The molecule has 0 saturated heterocycles. The summed E-state index contributed by atoms with van der Waals surface area (Å²) in [5.74, 6) is -1.09. The predicted molar refractivity (Wildman–Crippen MR) is 153 cm³/mol. The number of hydrogen-bond donors (Lipinski definition) is 4. The van der Waals surface area contributed by atoms with Gasteiger partial charge in [-0.3, -0.25) is 19.2 Å². The Kier molecular flexibility index (Phi) is 9.18. The lowest BCUT2D eigenvalue weighted by Gasteiger charge is -2.09. The van der Waals surface area contributed by atoms with Gasteiger partial charge in [-0.2, -0.15) is 0 Å². The molecule has 0 unspecified atom stereocenters. The minimum atomic E-state index is -0.282. The van der Waals surface area contributed by atoms with Gasteiger partial charge in [-0.05, 0) is 67.1 Å². The third kappa shape index (κ3) is 8.40. The van der Waals surface area contributed by atoms with Crippen LogP contribution in [0.3, 0.4) is 0 Å². The van der Waals surface area contributed by atoms with Crippen molar-refractivity contribution in [2.45, 2.75) is 19.3 Å². The van der Waals surface area contributed by atoms with Crippen LogP contribution in [0.4, 0.5) is 22.7 Å². The molecule has 4 aromatic carbocycles. The van der Waals surface area contributed by atoms with E-state index in [2.05, 4.69) is 21.3 Å². The number of para-hydroxylation sites is 2. The molecule has 8 heteroatoms. The maximum Gasteiger partial charge on any atom is 0.255 e. The molecule has 4 aromatic rings. The summed E-state index contributed by atoms with van der Waals surface area (Å²) >= 11 is 0. The van der Waals surface area contributed by atoms with E-state index in [1.54, 1.807) is 72.8 Å². The van der Waals surface area contributed by atoms with Crippen LogP contribution in [0.2, 0.25) is 0 Å². The zero-order valence-electron chi connectivity index (χ0n) is 21.1. The SMILES string of the molecule is O=C(CCCC(=O)Nc1cccc(C(=O)Nc2ccccc2)c1)Nc1cccc(C(=O)Nc2ccccc2)c1. The summed E-state index contributed by atoms with van der Waals surface area (Å²) in [7, 11) is 0. The Morgan fingerprint density at radius 3 is 1.23 bits per heavy atom. The number of rotatable bonds is 10. The average Bonchev–Trinajstić information content (AvgIpc) is 2.94. The fourth-order valence-electron chi connectivity index (χ4n) is 3.78. The van der Waals surface area contributed by atoms with E-state index in [4.69, 9.17) is 0 Å². The lowest BCUT2D eigenvalue weighted by molar-refractivity contribution is -0.117. The van der Waals surface area contributed by atoms with E-state index in [0.29, 0.717) is 40.3 Å². The minimum absolute atomic E-state index is 0.132. The van der Waals surface area contributed by atoms with Crippen LogP contribution >= 0.6 is 0 Å². The Morgan fingerprint density at radius 1 is 0.436 bits per heavy atom. The van der Waals surface area contributed by atoms with Crippen molar-refractivity contribution in [1.82, 2.24) is 0 Å². The highest BCUT2D eigenvalue weighted by Gasteiger charge is 2.11. The van der Waals surface area contributed by atoms with Crippen LogP contribution in [-0.2, 0) is 9.59 Å². The topological polar surface area (TPSA) is 116 Å². The Bertz CT molecular complexity index is 1340. The number of anilines is 4. The molecule has 4 N–H and O–H groups in total. The van der Waals surface area contributed by atoms with Gasteiger partial charge in [-0.1, -0.05) is 48.5 Å². The molecular formula is C31H28N4O4. The molecule has 0 aliphatic rings. The number of amides is 4. The first-order valence-corrected chi connectivity index (χ1v) is 12.5. The van der Waals surface area contributed by atoms with Crippen LogP contribution < -0.4 is 21.3 Å². The third-order valence-electron chi connectivity index (χ3n) is 5.69. The summed E-state index contributed by atoms with van der Waals surface area (Å²) in [5.41, 5.74) is 3.17. The summed E-state index contributed by atoms with van der Waals surface area (Å²) in [6, 6.07) is 31.5. The third-order valence-corrected chi connectivity index (χ3v) is 5.69. The molecule has 0 fully saturated rings. The van der Waals surface area contributed by atoms with Crippen LogP contribution in [0.25, 0.3) is 0 Å². The van der Waals surface area contributed by atoms with Gasteiger partial charge in [0.1, 0.15) is 0 Å². The van der Waals surface area contributed by atoms with Gasteiger partial charge in [0.05, 0.1) is 0 Å². The normalized spacial score (nSPS) is 10.3. The lowest BCUT2D eigenvalue weighted by Crippen LogP contribution is -2.16. The van der Waals surface area contributed by atoms with Crippen molar-refractivity contribution in [3.8, 4) is 0 Å². The molecule has 8 nitrogen and oxygen atoms in total. The molecule has 4 rings (SSSR count). The highest BCUT2D eigenvalue weighted by atomic mass is 16.2. The Labute approximate surface area is 226 Å². The second-order valence-corrected chi connectivity index (χ2v) is 8.75. The highest BCUT2D eigenvalue weighted by molar-refractivity contribution is 6.06. The van der Waals surface area contributed by atoms with Gasteiger partial charge in [0, 0.05) is 46.7 Å². The van der Waals surface area contributed by atoms with Crippen LogP contribution in [0.1, 0.15) is 40.0 Å². The van der Waals surface area contributed by atoms with Gasteiger partial charge in [-0.25, -0.2) is 0 Å². The van der Waals surface area contributed by atoms with Gasteiger partial charge >= 0.3 is 0 Å². The van der Waals surface area contributed by atoms with E-state index in [1.165, 1.54) is 0 Å². The Balaban J connectivity index is 1.22. The number of carbonyl (C=O) groups excluding carboxylic acids is 4. The first-order chi connectivity index (χ1) is 19.0. The fraction of sp³-hybridized carbons (Fsp3) is 0.0968. The van der Waals surface area contributed by atoms with Crippen LogP contribution in [0, 0.1) is 0 Å². The first-order valence-electron chi connectivity index (χ1n) is 12.5. The zero-order valence-corrected chi connectivity index (χ0v) is 21.1. The molecule has 0 aliphatic heterocycles. The second kappa shape index (κ2) is 13.3. The van der Waals surface area contributed by atoms with Crippen LogP contribution in [0.15, 0.2) is 109 Å². The van der Waals surface area contributed by atoms with E-state index in [9.17, 15) is 19.2 Å². The van der Waals surface area contributed by atoms with E-state index in [-0.39, 0.29) is 36.5 Å². The lowest BCUT2D eigenvalue weighted by atomic mass is 10.1. The minimum Gasteiger partial charge on any atom is -0.326 e. The van der Waals surface area contributed by atoms with Gasteiger partial charge in [-0.15, -0.1) is 0 Å². The van der Waals surface area contributed by atoms with Crippen molar-refractivity contribution in [3.05, 3.63) is 120 Å². The molecule has 4 amide bonds. The number of nitrogens with one attached hydrogen (secondary N) is 4. The van der Waals surface area contributed by atoms with Gasteiger partial charge < -0.3 is 21.3 Å². The van der Waals surface area contributed by atoms with Gasteiger partial charge in [0.2, 0.25) is 11.8 Å². The maximum atomic E-state index is 12.5. The molecule has 0 heterocycles. The first kappa shape index (κ1) is 26.8. The van der Waals surface area contributed by atoms with Crippen molar-refractivity contribution < 1.29 is 19.2 Å². The van der Waals surface area contributed by atoms with Crippen molar-refractivity contribution in [2.24, 2.45) is 0 Å². The summed E-state index contributed by atoms with van der Waals surface area (Å²) in [6.45, 7) is 0. The highest BCUT2D eigenvalue weighted by Crippen LogP contribution is 2.16. The molecule has 0 aliphatic carbocycles. The number of carbonyl (C=O) groups is 4. The zero-order chi connectivity index (χ0) is 27.5. The van der Waals surface area contributed by atoms with Crippen molar-refractivity contribution in [1.29, 1.82) is 0 Å². The second-order valence-electron chi connectivity index (χ2n) is 8.75. The van der Waals surface area contributed by atoms with Crippen LogP contribution in [0.5, 0.6) is 0 Å². The monoisotopic (exact) mass is 520 g/mol. The predicted octanol–water partition coefficient (Wildman–Crippen LogP) is 5.94. The number of benzene rings is 4. The molecule has 0 atom stereocenters. The molecule has 0 bridgehead atoms. The molecule has 0 radical (unpaired) electrons. The van der Waals surface area contributed by atoms with Crippen molar-refractivity contribution in [2.75, 3.05) is 21.3 Å². The standard InChI is InChI=1S/C31H28N4O4/c36-28(32-26-16-7-10-22(20-26)30(38)34-24-12-3-1-4-13-24)18-9-19-29(37)33-27-17-8-11-23(21-27)31(39)35-25-14-5-2-6-15-25/h1-8,10-17,20-21H,9,18-19H2,(H,32,36)(H,33,37)(H,34,38)(H,35,39). The molecule has 0 saturated carbocycles. The van der Waals surface area contributed by atoms with Gasteiger partial charge in [0.15, 0.2) is 0 Å².